The minimum Gasteiger partial charge on any atom is -0.490 e. The molecule has 9 heteroatoms. The highest BCUT2D eigenvalue weighted by Gasteiger charge is 2.22. The van der Waals surface area contributed by atoms with Gasteiger partial charge in [-0.15, -0.1) is 0 Å². The maximum atomic E-state index is 12.3. The minimum absolute atomic E-state index is 0.156. The number of hydrogen-bond donors (Lipinski definition) is 2. The lowest BCUT2D eigenvalue weighted by molar-refractivity contribution is -0.118. The van der Waals surface area contributed by atoms with Gasteiger partial charge in [0.15, 0.2) is 18.1 Å². The number of benzene rings is 2. The predicted molar refractivity (Wildman–Crippen MR) is 132 cm³/mol. The van der Waals surface area contributed by atoms with Gasteiger partial charge in [-0.25, -0.2) is 0 Å². The average molecular weight is 554 g/mol. The lowest BCUT2D eigenvalue weighted by Gasteiger charge is -2.15. The summed E-state index contributed by atoms with van der Waals surface area (Å²) in [6, 6.07) is 11.2. The highest BCUT2D eigenvalue weighted by Crippen LogP contribution is 2.36. The number of nitrogens with one attached hydrogen (secondary N) is 2. The summed E-state index contributed by atoms with van der Waals surface area (Å²) in [5.74, 6) is 0.507. The number of rotatable bonds is 7. The number of thiocarbonyl (C=S) groups is 1. The molecule has 2 aromatic carbocycles. The topological polar surface area (TPSA) is 76.7 Å². The Morgan fingerprint density at radius 2 is 2.10 bits per heavy atom. The molecule has 2 aromatic rings. The van der Waals surface area contributed by atoms with E-state index >= 15 is 0 Å². The van der Waals surface area contributed by atoms with Gasteiger partial charge in [0.25, 0.3) is 11.8 Å². The lowest BCUT2D eigenvalue weighted by Crippen LogP contribution is -2.20. The van der Waals surface area contributed by atoms with Gasteiger partial charge in [0, 0.05) is 5.69 Å². The van der Waals surface area contributed by atoms with Crippen LogP contribution in [0.5, 0.6) is 11.5 Å². The number of halogens is 1. The van der Waals surface area contributed by atoms with E-state index in [9.17, 15) is 9.59 Å². The Labute approximate surface area is 197 Å². The molecule has 2 N–H and O–H groups in total. The van der Waals surface area contributed by atoms with Gasteiger partial charge < -0.3 is 20.1 Å². The molecular formula is C21H19IN2O4S2. The van der Waals surface area contributed by atoms with Crippen molar-refractivity contribution in [3.05, 3.63) is 56.0 Å². The minimum atomic E-state index is -0.266. The van der Waals surface area contributed by atoms with Crippen LogP contribution in [0.2, 0.25) is 0 Å². The first-order chi connectivity index (χ1) is 14.4. The number of anilines is 1. The molecule has 0 spiro atoms. The SMILES string of the molecule is CCOc1cc(/C=C2\SC(=S)NC2=O)cc(I)c1OCC(=O)Nc1cccc(C)c1. The Kier molecular flexibility index (Phi) is 7.73. The van der Waals surface area contributed by atoms with Crippen molar-refractivity contribution in [3.8, 4) is 11.5 Å². The normalized spacial score (nSPS) is 14.6. The molecule has 0 unspecified atom stereocenters. The third-order valence-electron chi connectivity index (χ3n) is 3.92. The van der Waals surface area contributed by atoms with E-state index in [4.69, 9.17) is 21.7 Å². The van der Waals surface area contributed by atoms with Gasteiger partial charge in [-0.1, -0.05) is 36.1 Å². The summed E-state index contributed by atoms with van der Waals surface area (Å²) in [4.78, 5) is 24.7. The van der Waals surface area contributed by atoms with Crippen molar-refractivity contribution in [3.63, 3.8) is 0 Å². The zero-order valence-electron chi connectivity index (χ0n) is 16.3. The average Bonchev–Trinajstić information content (AvgIpc) is 2.98. The summed E-state index contributed by atoms with van der Waals surface area (Å²) in [6.45, 7) is 4.10. The number of aryl methyl sites for hydroxylation is 1. The molecule has 0 aliphatic carbocycles. The largest absolute Gasteiger partial charge is 0.490 e. The smallest absolute Gasteiger partial charge is 0.263 e. The second-order valence-electron chi connectivity index (χ2n) is 6.32. The van der Waals surface area contributed by atoms with Gasteiger partial charge in [0.05, 0.1) is 15.1 Å². The first kappa shape index (κ1) is 22.6. The van der Waals surface area contributed by atoms with Crippen molar-refractivity contribution < 1.29 is 19.1 Å². The number of hydrogen-bond acceptors (Lipinski definition) is 6. The van der Waals surface area contributed by atoms with Crippen molar-refractivity contribution in [1.82, 2.24) is 5.32 Å². The fraction of sp³-hybridized carbons (Fsp3) is 0.190. The van der Waals surface area contributed by atoms with Gasteiger partial charge in [0.1, 0.15) is 4.32 Å². The maximum Gasteiger partial charge on any atom is 0.263 e. The molecular weight excluding hydrogens is 535 g/mol. The third-order valence-corrected chi connectivity index (χ3v) is 5.88. The Morgan fingerprint density at radius 3 is 2.77 bits per heavy atom. The van der Waals surface area contributed by atoms with Crippen molar-refractivity contribution >= 4 is 74.5 Å². The van der Waals surface area contributed by atoms with Crippen LogP contribution in [-0.2, 0) is 9.59 Å². The van der Waals surface area contributed by atoms with Gasteiger partial charge >= 0.3 is 0 Å². The molecule has 156 valence electrons. The molecule has 6 nitrogen and oxygen atoms in total. The summed E-state index contributed by atoms with van der Waals surface area (Å²) in [5, 5.41) is 5.41. The van der Waals surface area contributed by atoms with E-state index in [1.54, 1.807) is 12.1 Å². The van der Waals surface area contributed by atoms with E-state index in [-0.39, 0.29) is 18.4 Å². The molecule has 2 amide bonds. The molecule has 0 bridgehead atoms. The Balaban J connectivity index is 1.75. The van der Waals surface area contributed by atoms with E-state index in [0.717, 1.165) is 20.4 Å². The van der Waals surface area contributed by atoms with Crippen LogP contribution in [0, 0.1) is 10.5 Å². The molecule has 0 saturated carbocycles. The van der Waals surface area contributed by atoms with E-state index in [0.29, 0.717) is 27.3 Å². The first-order valence-corrected chi connectivity index (χ1v) is 11.4. The highest BCUT2D eigenvalue weighted by atomic mass is 127. The molecule has 1 aliphatic heterocycles. The molecule has 1 heterocycles. The summed E-state index contributed by atoms with van der Waals surface area (Å²) in [7, 11) is 0. The lowest BCUT2D eigenvalue weighted by atomic mass is 10.2. The summed E-state index contributed by atoms with van der Waals surface area (Å²) in [6.07, 6.45) is 1.75. The second kappa shape index (κ2) is 10.3. The Hall–Kier alpha value is -2.11. The quantitative estimate of drug-likeness (QED) is 0.298. The monoisotopic (exact) mass is 554 g/mol. The number of carbonyl (C=O) groups excluding carboxylic acids is 2. The summed E-state index contributed by atoms with van der Waals surface area (Å²) < 4.78 is 12.7. The molecule has 0 radical (unpaired) electrons. The van der Waals surface area contributed by atoms with Crippen LogP contribution in [0.15, 0.2) is 41.3 Å². The number of thioether (sulfide) groups is 1. The maximum absolute atomic E-state index is 12.3. The van der Waals surface area contributed by atoms with Gasteiger partial charge in [-0.3, -0.25) is 9.59 Å². The Bertz CT molecular complexity index is 1040. The Morgan fingerprint density at radius 1 is 1.30 bits per heavy atom. The van der Waals surface area contributed by atoms with Crippen molar-refractivity contribution in [2.45, 2.75) is 13.8 Å². The van der Waals surface area contributed by atoms with Crippen LogP contribution in [0.1, 0.15) is 18.1 Å². The molecule has 1 fully saturated rings. The van der Waals surface area contributed by atoms with Crippen LogP contribution < -0.4 is 20.1 Å². The number of ether oxygens (including phenoxy) is 2. The number of carbonyl (C=O) groups is 2. The molecule has 30 heavy (non-hydrogen) atoms. The second-order valence-corrected chi connectivity index (χ2v) is 9.20. The van der Waals surface area contributed by atoms with Crippen LogP contribution >= 0.6 is 46.6 Å². The zero-order chi connectivity index (χ0) is 21.7. The van der Waals surface area contributed by atoms with Crippen LogP contribution in [0.25, 0.3) is 6.08 Å². The molecule has 1 aliphatic rings. The zero-order valence-corrected chi connectivity index (χ0v) is 20.1. The fourth-order valence-electron chi connectivity index (χ4n) is 2.70. The van der Waals surface area contributed by atoms with E-state index in [1.807, 2.05) is 44.2 Å². The van der Waals surface area contributed by atoms with Crippen molar-refractivity contribution in [2.24, 2.45) is 0 Å². The molecule has 0 aromatic heterocycles. The summed E-state index contributed by atoms with van der Waals surface area (Å²) in [5.41, 5.74) is 2.55. The van der Waals surface area contributed by atoms with Crippen LogP contribution in [0.4, 0.5) is 5.69 Å². The third kappa shape index (κ3) is 5.96. The van der Waals surface area contributed by atoms with Crippen molar-refractivity contribution in [2.75, 3.05) is 18.5 Å². The molecule has 3 rings (SSSR count). The standard InChI is InChI=1S/C21H19IN2O4S2/c1-3-27-16-9-13(10-17-20(26)24-21(29)30-17)8-15(22)19(16)28-11-18(25)23-14-6-4-5-12(2)7-14/h4-10H,3,11H2,1-2H3,(H,23,25)(H,24,26,29)/b17-10-. The first-order valence-electron chi connectivity index (χ1n) is 9.06. The number of amides is 2. The molecule has 0 atom stereocenters. The van der Waals surface area contributed by atoms with Gasteiger partial charge in [0.2, 0.25) is 0 Å². The van der Waals surface area contributed by atoms with Crippen LogP contribution in [-0.4, -0.2) is 29.3 Å². The van der Waals surface area contributed by atoms with Gasteiger partial charge in [-0.2, -0.15) is 0 Å². The van der Waals surface area contributed by atoms with Gasteiger partial charge in [-0.05, 0) is 77.9 Å². The highest BCUT2D eigenvalue weighted by molar-refractivity contribution is 14.1. The van der Waals surface area contributed by atoms with Crippen molar-refractivity contribution in [1.29, 1.82) is 0 Å². The van der Waals surface area contributed by atoms with E-state index < -0.39 is 0 Å². The van der Waals surface area contributed by atoms with Crippen LogP contribution in [0.3, 0.4) is 0 Å². The molecule has 1 saturated heterocycles. The van der Waals surface area contributed by atoms with E-state index in [1.165, 1.54) is 11.8 Å². The van der Waals surface area contributed by atoms with E-state index in [2.05, 4.69) is 33.2 Å². The predicted octanol–water partition coefficient (Wildman–Crippen LogP) is 4.50. The fourth-order valence-corrected chi connectivity index (χ4v) is 4.53. The summed E-state index contributed by atoms with van der Waals surface area (Å²) >= 11 is 8.36.